The maximum Gasteiger partial charge on any atom is 0.416 e. The molecule has 2 heterocycles. The van der Waals surface area contributed by atoms with E-state index >= 15 is 0 Å². The third kappa shape index (κ3) is 7.23. The molecule has 8 nitrogen and oxygen atoms in total. The van der Waals surface area contributed by atoms with Crippen molar-refractivity contribution >= 4 is 57.5 Å². The predicted molar refractivity (Wildman–Crippen MR) is 145 cm³/mol. The molecule has 1 fully saturated rings. The van der Waals surface area contributed by atoms with Gasteiger partial charge >= 0.3 is 12.1 Å². The molecule has 1 aliphatic rings. The lowest BCUT2D eigenvalue weighted by Gasteiger charge is -2.19. The minimum absolute atomic E-state index is 0.0104. The summed E-state index contributed by atoms with van der Waals surface area (Å²) >= 11 is 6.56. The number of fused-ring (bicyclic) bond motifs is 1. The van der Waals surface area contributed by atoms with Gasteiger partial charge < -0.3 is 9.47 Å². The van der Waals surface area contributed by atoms with Gasteiger partial charge in [-0.3, -0.25) is 19.2 Å². The van der Waals surface area contributed by atoms with Gasteiger partial charge in [0.2, 0.25) is 0 Å². The number of carbonyl (C=O) groups excluding carboxylic acids is 3. The summed E-state index contributed by atoms with van der Waals surface area (Å²) in [6.07, 6.45) is -1.49. The summed E-state index contributed by atoms with van der Waals surface area (Å²) in [5.74, 6) is -1.04. The van der Waals surface area contributed by atoms with Gasteiger partial charge in [0.05, 0.1) is 41.9 Å². The number of halogens is 4. The van der Waals surface area contributed by atoms with Crippen LogP contribution in [0.25, 0.3) is 17.0 Å². The van der Waals surface area contributed by atoms with Gasteiger partial charge in [-0.25, -0.2) is 4.79 Å². The first-order valence-corrected chi connectivity index (χ1v) is 13.3. The number of hydrogen-bond donors (Lipinski definition) is 0. The first kappa shape index (κ1) is 29.6. The Bertz CT molecular complexity index is 1500. The van der Waals surface area contributed by atoms with Crippen LogP contribution < -0.4 is 0 Å². The number of imide groups is 1. The number of rotatable bonds is 8. The summed E-state index contributed by atoms with van der Waals surface area (Å²) in [6.45, 7) is 4.72. The van der Waals surface area contributed by atoms with Crippen molar-refractivity contribution in [2.75, 3.05) is 19.8 Å². The second kappa shape index (κ2) is 11.6. The van der Waals surface area contributed by atoms with Crippen molar-refractivity contribution in [3.05, 3.63) is 69.2 Å². The fraction of sp³-hybridized carbons (Fsp3) is 0.333. The van der Waals surface area contributed by atoms with Crippen LogP contribution in [0.15, 0.2) is 47.5 Å². The van der Waals surface area contributed by atoms with Crippen LogP contribution in [-0.4, -0.2) is 57.2 Å². The maximum atomic E-state index is 13.5. The van der Waals surface area contributed by atoms with E-state index in [1.54, 1.807) is 45.0 Å². The van der Waals surface area contributed by atoms with Crippen LogP contribution in [0.3, 0.4) is 0 Å². The van der Waals surface area contributed by atoms with E-state index in [9.17, 15) is 27.6 Å². The number of esters is 1. The first-order chi connectivity index (χ1) is 18.7. The zero-order valence-electron chi connectivity index (χ0n) is 21.8. The number of aromatic nitrogens is 2. The van der Waals surface area contributed by atoms with E-state index in [1.165, 1.54) is 23.0 Å². The highest BCUT2D eigenvalue weighted by molar-refractivity contribution is 8.18. The van der Waals surface area contributed by atoms with Gasteiger partial charge in [0.15, 0.2) is 0 Å². The highest BCUT2D eigenvalue weighted by Gasteiger charge is 2.35. The molecule has 2 aromatic carbocycles. The predicted octanol–water partition coefficient (Wildman–Crippen LogP) is 6.15. The molecule has 1 saturated heterocycles. The first-order valence-electron chi connectivity index (χ1n) is 12.1. The van der Waals surface area contributed by atoms with E-state index in [0.717, 1.165) is 22.7 Å². The third-order valence-corrected chi connectivity index (χ3v) is 6.78. The molecule has 2 amide bonds. The number of nitrogens with zero attached hydrogens (tertiary/aromatic N) is 3. The lowest BCUT2D eigenvalue weighted by atomic mass is 10.1. The van der Waals surface area contributed by atoms with E-state index in [1.807, 2.05) is 0 Å². The van der Waals surface area contributed by atoms with Crippen LogP contribution in [0.4, 0.5) is 18.0 Å². The quantitative estimate of drug-likeness (QED) is 0.175. The Kier molecular flexibility index (Phi) is 8.62. The third-order valence-electron chi connectivity index (χ3n) is 5.63. The molecule has 13 heteroatoms. The van der Waals surface area contributed by atoms with Crippen LogP contribution in [0.2, 0.25) is 5.02 Å². The standard InChI is InChI=1S/C27H25ClF3N3O5S/c1-26(2,3)39-23(35)15-38-9-8-33-24(36)22(40-25(33)37)11-16-4-7-21-18(10-16)13-32-34(21)14-17-5-6-19(28)12-20(17)27(29,30)31/h4-7,10-13H,8-9,14-15H2,1-3H3. The summed E-state index contributed by atoms with van der Waals surface area (Å²) in [5, 5.41) is 4.41. The second-order valence-electron chi connectivity index (χ2n) is 9.89. The molecule has 0 spiro atoms. The van der Waals surface area contributed by atoms with Crippen molar-refractivity contribution in [1.29, 1.82) is 0 Å². The van der Waals surface area contributed by atoms with Crippen LogP contribution in [0.1, 0.15) is 37.5 Å². The van der Waals surface area contributed by atoms with Gasteiger partial charge in [-0.1, -0.05) is 23.7 Å². The fourth-order valence-corrected chi connectivity index (χ4v) is 5.00. The smallest absolute Gasteiger partial charge is 0.416 e. The van der Waals surface area contributed by atoms with Crippen LogP contribution >= 0.6 is 23.4 Å². The molecule has 4 rings (SSSR count). The molecule has 0 radical (unpaired) electrons. The number of alkyl halides is 3. The van der Waals surface area contributed by atoms with Crippen molar-refractivity contribution in [1.82, 2.24) is 14.7 Å². The van der Waals surface area contributed by atoms with E-state index in [2.05, 4.69) is 5.10 Å². The van der Waals surface area contributed by atoms with Gasteiger partial charge in [-0.15, -0.1) is 0 Å². The zero-order valence-corrected chi connectivity index (χ0v) is 23.3. The molecule has 0 bridgehead atoms. The van der Waals surface area contributed by atoms with Crippen molar-refractivity contribution in [2.45, 2.75) is 39.1 Å². The number of hydrogen-bond acceptors (Lipinski definition) is 7. The monoisotopic (exact) mass is 595 g/mol. The molecule has 0 N–H and O–H groups in total. The largest absolute Gasteiger partial charge is 0.458 e. The van der Waals surface area contributed by atoms with Crippen molar-refractivity contribution < 1.29 is 37.0 Å². The summed E-state index contributed by atoms with van der Waals surface area (Å²) in [6, 6.07) is 8.71. The van der Waals surface area contributed by atoms with Crippen molar-refractivity contribution in [3.8, 4) is 0 Å². The SMILES string of the molecule is CC(C)(C)OC(=O)COCCN1C(=O)SC(=Cc2ccc3c(cnn3Cc3ccc(Cl)cc3C(F)(F)F)c2)C1=O. The number of ether oxygens (including phenoxy) is 2. The van der Waals surface area contributed by atoms with Gasteiger partial charge in [-0.2, -0.15) is 18.3 Å². The van der Waals surface area contributed by atoms with Gasteiger partial charge in [0.25, 0.3) is 11.1 Å². The van der Waals surface area contributed by atoms with Crippen LogP contribution in [0, 0.1) is 0 Å². The summed E-state index contributed by atoms with van der Waals surface area (Å²) in [7, 11) is 0. The molecular weight excluding hydrogens is 571 g/mol. The Morgan fingerprint density at radius 1 is 1.12 bits per heavy atom. The lowest BCUT2D eigenvalue weighted by molar-refractivity contribution is -0.160. The molecule has 1 aromatic heterocycles. The highest BCUT2D eigenvalue weighted by atomic mass is 35.5. The molecule has 3 aromatic rings. The Hall–Kier alpha value is -3.35. The van der Waals surface area contributed by atoms with E-state index < -0.39 is 34.5 Å². The molecule has 0 unspecified atom stereocenters. The average Bonchev–Trinajstić information content (AvgIpc) is 3.35. The Labute approximate surface area is 237 Å². The molecule has 0 aliphatic carbocycles. The summed E-state index contributed by atoms with van der Waals surface area (Å²) < 4.78 is 52.3. The normalized spacial score (nSPS) is 15.5. The average molecular weight is 596 g/mol. The number of amides is 2. The molecule has 212 valence electrons. The zero-order chi connectivity index (χ0) is 29.2. The van der Waals surface area contributed by atoms with Gasteiger partial charge in [0.1, 0.15) is 12.2 Å². The highest BCUT2D eigenvalue weighted by Crippen LogP contribution is 2.35. The number of benzene rings is 2. The summed E-state index contributed by atoms with van der Waals surface area (Å²) in [4.78, 5) is 38.2. The maximum absolute atomic E-state index is 13.5. The number of carbonyl (C=O) groups is 3. The Morgan fingerprint density at radius 3 is 2.58 bits per heavy atom. The van der Waals surface area contributed by atoms with E-state index in [4.69, 9.17) is 21.1 Å². The Balaban J connectivity index is 1.43. The van der Waals surface area contributed by atoms with Crippen LogP contribution in [0.5, 0.6) is 0 Å². The fourth-order valence-electron chi connectivity index (χ4n) is 3.96. The molecule has 0 atom stereocenters. The minimum Gasteiger partial charge on any atom is -0.458 e. The van der Waals surface area contributed by atoms with E-state index in [0.29, 0.717) is 16.5 Å². The van der Waals surface area contributed by atoms with E-state index in [-0.39, 0.29) is 41.8 Å². The van der Waals surface area contributed by atoms with Gasteiger partial charge in [-0.05, 0) is 74.0 Å². The molecule has 1 aliphatic heterocycles. The Morgan fingerprint density at radius 2 is 1.88 bits per heavy atom. The minimum atomic E-state index is -4.57. The molecule has 40 heavy (non-hydrogen) atoms. The lowest BCUT2D eigenvalue weighted by Crippen LogP contribution is -2.32. The van der Waals surface area contributed by atoms with Crippen molar-refractivity contribution in [2.24, 2.45) is 0 Å². The van der Waals surface area contributed by atoms with Gasteiger partial charge in [0, 0.05) is 10.4 Å². The molecular formula is C27H25ClF3N3O5S. The molecule has 0 saturated carbocycles. The van der Waals surface area contributed by atoms with Crippen LogP contribution in [-0.2, 0) is 31.8 Å². The second-order valence-corrected chi connectivity index (χ2v) is 11.3. The topological polar surface area (TPSA) is 90.7 Å². The summed E-state index contributed by atoms with van der Waals surface area (Å²) in [5.41, 5.74) is -0.246. The number of thioether (sulfide) groups is 1. The van der Waals surface area contributed by atoms with Crippen molar-refractivity contribution in [3.63, 3.8) is 0 Å².